The van der Waals surface area contributed by atoms with Crippen LogP contribution < -0.4 is 4.74 Å². The highest BCUT2D eigenvalue weighted by Gasteiger charge is 2.22. The van der Waals surface area contributed by atoms with E-state index in [0.717, 1.165) is 45.1 Å². The van der Waals surface area contributed by atoms with E-state index in [1.54, 1.807) is 0 Å². The molecule has 11 rings (SSSR count). The van der Waals surface area contributed by atoms with Crippen molar-refractivity contribution in [3.8, 4) is 56.3 Å². The maximum absolute atomic E-state index is 6.55. The average molecular weight is 651 g/mol. The molecule has 3 heterocycles. The van der Waals surface area contributed by atoms with Crippen molar-refractivity contribution in [3.05, 3.63) is 182 Å². The van der Waals surface area contributed by atoms with Gasteiger partial charge in [0.05, 0.1) is 22.1 Å². The summed E-state index contributed by atoms with van der Waals surface area (Å²) in [5, 5.41) is 4.96. The molecular formula is C48H30N2O. The van der Waals surface area contributed by atoms with E-state index >= 15 is 0 Å². The lowest BCUT2D eigenvalue weighted by Gasteiger charge is -2.13. The highest BCUT2D eigenvalue weighted by atomic mass is 16.5. The molecule has 0 aliphatic carbocycles. The zero-order valence-corrected chi connectivity index (χ0v) is 27.6. The number of ether oxygens (including phenoxy) is 1. The molecule has 0 unspecified atom stereocenters. The Labute approximate surface area is 294 Å². The Hall–Kier alpha value is -6.84. The standard InChI is InChI=1S/C48H30N2O/c1-2-12-33(13-3-1)49-44-20-10-7-17-38(44)41-30-34(24-26-45(41)49)50-43-19-9-6-16-37(43)39-25-22-32(29-46(39)50)31-23-27-48-42(28-31)36-15-5-4-14-35(36)40-18-8-11-21-47(40)51-48/h1-30H. The number of hydrogen-bond acceptors (Lipinski definition) is 1. The van der Waals surface area contributed by atoms with Gasteiger partial charge in [-0.05, 0) is 89.0 Å². The Morgan fingerprint density at radius 3 is 1.65 bits per heavy atom. The van der Waals surface area contributed by atoms with Gasteiger partial charge >= 0.3 is 0 Å². The minimum atomic E-state index is 0.870. The van der Waals surface area contributed by atoms with Crippen LogP contribution in [0.1, 0.15) is 0 Å². The smallest absolute Gasteiger partial charge is 0.135 e. The van der Waals surface area contributed by atoms with E-state index in [0.29, 0.717) is 0 Å². The number of benzene rings is 8. The highest BCUT2D eigenvalue weighted by Crippen LogP contribution is 2.48. The summed E-state index contributed by atoms with van der Waals surface area (Å²) >= 11 is 0. The minimum Gasteiger partial charge on any atom is -0.456 e. The van der Waals surface area contributed by atoms with Gasteiger partial charge in [0.1, 0.15) is 11.5 Å². The topological polar surface area (TPSA) is 19.1 Å². The fourth-order valence-corrected chi connectivity index (χ4v) is 8.24. The Bertz CT molecular complexity index is 3000. The van der Waals surface area contributed by atoms with Crippen molar-refractivity contribution >= 4 is 43.6 Å². The molecule has 2 aromatic heterocycles. The van der Waals surface area contributed by atoms with Gasteiger partial charge in [-0.25, -0.2) is 0 Å². The van der Waals surface area contributed by atoms with Gasteiger partial charge in [0.2, 0.25) is 0 Å². The third-order valence-electron chi connectivity index (χ3n) is 10.5. The SMILES string of the molecule is c1ccc(-n2c3ccccc3c3cc(-n4c5ccccc5c5ccc(-c6ccc7c(c6)-c6ccccc6-c6ccccc6O7)cc54)ccc32)cc1. The van der Waals surface area contributed by atoms with Gasteiger partial charge in [-0.2, -0.15) is 0 Å². The third-order valence-corrected chi connectivity index (χ3v) is 10.5. The van der Waals surface area contributed by atoms with E-state index in [-0.39, 0.29) is 0 Å². The minimum absolute atomic E-state index is 0.870. The second-order valence-electron chi connectivity index (χ2n) is 13.3. The number of nitrogens with zero attached hydrogens (tertiary/aromatic N) is 2. The molecule has 0 amide bonds. The number of aromatic nitrogens is 2. The van der Waals surface area contributed by atoms with Crippen molar-refractivity contribution in [1.29, 1.82) is 0 Å². The molecule has 8 aromatic carbocycles. The van der Waals surface area contributed by atoms with E-state index in [1.165, 1.54) is 54.7 Å². The molecule has 0 spiro atoms. The fraction of sp³-hybridized carbons (Fsp3) is 0. The van der Waals surface area contributed by atoms with Gasteiger partial charge in [0, 0.05) is 44.0 Å². The molecule has 0 saturated heterocycles. The van der Waals surface area contributed by atoms with Crippen molar-refractivity contribution in [2.24, 2.45) is 0 Å². The van der Waals surface area contributed by atoms with Gasteiger partial charge in [-0.15, -0.1) is 0 Å². The number of para-hydroxylation sites is 4. The van der Waals surface area contributed by atoms with Crippen molar-refractivity contribution in [1.82, 2.24) is 9.13 Å². The van der Waals surface area contributed by atoms with Gasteiger partial charge in [-0.1, -0.05) is 115 Å². The molecule has 0 atom stereocenters. The zero-order chi connectivity index (χ0) is 33.5. The summed E-state index contributed by atoms with van der Waals surface area (Å²) in [6, 6.07) is 65.5. The van der Waals surface area contributed by atoms with E-state index in [1.807, 2.05) is 6.07 Å². The summed E-state index contributed by atoms with van der Waals surface area (Å²) in [4.78, 5) is 0. The Kier molecular flexibility index (Phi) is 5.96. The molecule has 10 aromatic rings. The first-order valence-electron chi connectivity index (χ1n) is 17.4. The number of hydrogen-bond donors (Lipinski definition) is 0. The van der Waals surface area contributed by atoms with E-state index in [9.17, 15) is 0 Å². The van der Waals surface area contributed by atoms with Crippen LogP contribution in [0.4, 0.5) is 0 Å². The summed E-state index contributed by atoms with van der Waals surface area (Å²) in [6.07, 6.45) is 0. The maximum Gasteiger partial charge on any atom is 0.135 e. The van der Waals surface area contributed by atoms with Crippen LogP contribution in [-0.2, 0) is 0 Å². The Morgan fingerprint density at radius 1 is 0.294 bits per heavy atom. The first-order valence-corrected chi connectivity index (χ1v) is 17.4. The van der Waals surface area contributed by atoms with Gasteiger partial charge in [0.25, 0.3) is 0 Å². The normalized spacial score (nSPS) is 12.1. The van der Waals surface area contributed by atoms with E-state index in [2.05, 4.69) is 185 Å². The largest absolute Gasteiger partial charge is 0.456 e. The monoisotopic (exact) mass is 650 g/mol. The molecule has 0 radical (unpaired) electrons. The zero-order valence-electron chi connectivity index (χ0n) is 27.6. The molecule has 1 aliphatic rings. The van der Waals surface area contributed by atoms with Crippen molar-refractivity contribution in [2.45, 2.75) is 0 Å². The summed E-state index contributed by atoms with van der Waals surface area (Å²) in [5.41, 5.74) is 14.0. The molecule has 51 heavy (non-hydrogen) atoms. The third kappa shape index (κ3) is 4.19. The van der Waals surface area contributed by atoms with Crippen LogP contribution in [0.25, 0.3) is 88.4 Å². The molecule has 3 nitrogen and oxygen atoms in total. The van der Waals surface area contributed by atoms with Crippen molar-refractivity contribution in [3.63, 3.8) is 0 Å². The summed E-state index contributed by atoms with van der Waals surface area (Å²) in [7, 11) is 0. The molecule has 0 N–H and O–H groups in total. The molecule has 0 fully saturated rings. The van der Waals surface area contributed by atoms with E-state index in [4.69, 9.17) is 4.74 Å². The van der Waals surface area contributed by atoms with Crippen LogP contribution in [0.2, 0.25) is 0 Å². The lowest BCUT2D eigenvalue weighted by Crippen LogP contribution is -1.96. The van der Waals surface area contributed by atoms with Crippen molar-refractivity contribution < 1.29 is 4.74 Å². The Morgan fingerprint density at radius 2 is 0.843 bits per heavy atom. The Balaban J connectivity index is 1.12. The average Bonchev–Trinajstić information content (AvgIpc) is 3.65. The lowest BCUT2D eigenvalue weighted by molar-refractivity contribution is 0.488. The molecule has 238 valence electrons. The van der Waals surface area contributed by atoms with E-state index < -0.39 is 0 Å². The van der Waals surface area contributed by atoms with Crippen LogP contribution in [0.3, 0.4) is 0 Å². The van der Waals surface area contributed by atoms with Crippen LogP contribution in [0.5, 0.6) is 11.5 Å². The second-order valence-corrected chi connectivity index (χ2v) is 13.3. The van der Waals surface area contributed by atoms with Crippen LogP contribution in [0, 0.1) is 0 Å². The first-order chi connectivity index (χ1) is 25.3. The van der Waals surface area contributed by atoms with Crippen LogP contribution in [-0.4, -0.2) is 9.13 Å². The van der Waals surface area contributed by atoms with Gasteiger partial charge in [-0.3, -0.25) is 0 Å². The van der Waals surface area contributed by atoms with Gasteiger partial charge in [0.15, 0.2) is 0 Å². The quantitative estimate of drug-likeness (QED) is 0.186. The predicted octanol–water partition coefficient (Wildman–Crippen LogP) is 13.0. The highest BCUT2D eigenvalue weighted by molar-refractivity contribution is 6.12. The first kappa shape index (κ1) is 28.0. The van der Waals surface area contributed by atoms with Crippen molar-refractivity contribution in [2.75, 3.05) is 0 Å². The molecule has 3 heteroatoms. The van der Waals surface area contributed by atoms with Crippen LogP contribution in [0.15, 0.2) is 182 Å². The molecule has 0 bridgehead atoms. The number of fused-ring (bicyclic) bond motifs is 11. The fourth-order valence-electron chi connectivity index (χ4n) is 8.24. The van der Waals surface area contributed by atoms with Crippen LogP contribution >= 0.6 is 0 Å². The molecule has 0 saturated carbocycles. The lowest BCUT2D eigenvalue weighted by atomic mass is 9.92. The van der Waals surface area contributed by atoms with Gasteiger partial charge < -0.3 is 13.9 Å². The predicted molar refractivity (Wildman–Crippen MR) is 212 cm³/mol. The second kappa shape index (κ2) is 10.8. The summed E-state index contributed by atoms with van der Waals surface area (Å²) in [5.74, 6) is 1.75. The summed E-state index contributed by atoms with van der Waals surface area (Å²) < 4.78 is 11.4. The number of rotatable bonds is 3. The molecular weight excluding hydrogens is 621 g/mol. The summed E-state index contributed by atoms with van der Waals surface area (Å²) in [6.45, 7) is 0. The maximum atomic E-state index is 6.55. The molecule has 1 aliphatic heterocycles.